The highest BCUT2D eigenvalue weighted by Crippen LogP contribution is 2.49. The number of ether oxygens (including phenoxy) is 2. The lowest BCUT2D eigenvalue weighted by Gasteiger charge is -2.32. The number of pyridine rings is 1. The van der Waals surface area contributed by atoms with E-state index in [4.69, 9.17) is 19.7 Å². The summed E-state index contributed by atoms with van der Waals surface area (Å²) in [6, 6.07) is 16.8. The molecule has 4 rings (SSSR count). The summed E-state index contributed by atoms with van der Waals surface area (Å²) < 4.78 is 54.1. The number of nitrogens with zero attached hydrogens (tertiary/aromatic N) is 2. The van der Waals surface area contributed by atoms with Gasteiger partial charge in [0.1, 0.15) is 6.61 Å². The first-order valence-electron chi connectivity index (χ1n) is 14.5. The van der Waals surface area contributed by atoms with Crippen LogP contribution in [0.25, 0.3) is 0 Å². The number of carbonyl (C=O) groups excluding carboxylic acids is 1. The number of carboxylic acid groups (broad SMARTS) is 2. The van der Waals surface area contributed by atoms with Gasteiger partial charge in [-0.15, -0.1) is 0 Å². The summed E-state index contributed by atoms with van der Waals surface area (Å²) in [5, 5.41) is 18.8. The van der Waals surface area contributed by atoms with Gasteiger partial charge in [-0.1, -0.05) is 48.5 Å². The molecule has 10 nitrogen and oxygen atoms in total. The van der Waals surface area contributed by atoms with Crippen molar-refractivity contribution in [3.63, 3.8) is 0 Å². The Balaban J connectivity index is 0.000000665. The fourth-order valence-electron chi connectivity index (χ4n) is 4.87. The first-order valence-corrected chi connectivity index (χ1v) is 14.5. The van der Waals surface area contributed by atoms with Crippen molar-refractivity contribution in [3.05, 3.63) is 113 Å². The summed E-state index contributed by atoms with van der Waals surface area (Å²) in [4.78, 5) is 39.0. The number of rotatable bonds is 11. The van der Waals surface area contributed by atoms with E-state index in [-0.39, 0.29) is 29.7 Å². The van der Waals surface area contributed by atoms with E-state index in [1.807, 2.05) is 42.3 Å². The summed E-state index contributed by atoms with van der Waals surface area (Å²) in [6.07, 6.45) is -2.28. The van der Waals surface area contributed by atoms with Crippen LogP contribution in [0.5, 0.6) is 5.88 Å². The van der Waals surface area contributed by atoms with E-state index in [2.05, 4.69) is 10.3 Å². The highest BCUT2D eigenvalue weighted by molar-refractivity contribution is 5.95. The van der Waals surface area contributed by atoms with Crippen LogP contribution in [0.4, 0.5) is 18.9 Å². The Morgan fingerprint density at radius 2 is 1.62 bits per heavy atom. The number of esters is 1. The van der Waals surface area contributed by atoms with Gasteiger partial charge in [-0.05, 0) is 51.1 Å². The number of anilines is 1. The highest BCUT2D eigenvalue weighted by atomic mass is 19.4. The minimum Gasteiger partial charge on any atom is -0.478 e. The van der Waals surface area contributed by atoms with Crippen LogP contribution in [0.3, 0.4) is 0 Å². The van der Waals surface area contributed by atoms with E-state index in [0.717, 1.165) is 11.6 Å². The van der Waals surface area contributed by atoms with Crippen molar-refractivity contribution in [2.24, 2.45) is 0 Å². The zero-order valence-electron chi connectivity index (χ0n) is 26.2. The van der Waals surface area contributed by atoms with Crippen LogP contribution in [0.15, 0.2) is 90.3 Å². The van der Waals surface area contributed by atoms with Gasteiger partial charge in [-0.3, -0.25) is 4.90 Å². The number of carbonyl (C=O) groups is 3. The smallest absolute Gasteiger partial charge is 0.416 e. The number of carboxylic acids is 2. The highest BCUT2D eigenvalue weighted by Gasteiger charge is 2.42. The van der Waals surface area contributed by atoms with Gasteiger partial charge >= 0.3 is 24.1 Å². The maximum atomic E-state index is 14.2. The molecule has 3 N–H and O–H groups in total. The maximum absolute atomic E-state index is 14.2. The van der Waals surface area contributed by atoms with Gasteiger partial charge in [-0.2, -0.15) is 13.2 Å². The Labute approximate surface area is 270 Å². The molecule has 0 amide bonds. The predicted octanol–water partition coefficient (Wildman–Crippen LogP) is 6.11. The topological polar surface area (TPSA) is 138 Å². The Morgan fingerprint density at radius 3 is 2.21 bits per heavy atom. The molecule has 1 aromatic heterocycles. The van der Waals surface area contributed by atoms with Crippen LogP contribution in [-0.2, 0) is 31.8 Å². The van der Waals surface area contributed by atoms with E-state index >= 15 is 0 Å². The van der Waals surface area contributed by atoms with Crippen molar-refractivity contribution >= 4 is 23.6 Å². The zero-order chi connectivity index (χ0) is 34.7. The molecule has 0 aliphatic carbocycles. The number of hydrogen-bond donors (Lipinski definition) is 3. The third-order valence-corrected chi connectivity index (χ3v) is 6.77. The van der Waals surface area contributed by atoms with Crippen molar-refractivity contribution in [1.29, 1.82) is 0 Å². The van der Waals surface area contributed by atoms with E-state index in [9.17, 15) is 27.6 Å². The molecule has 3 aromatic rings. The van der Waals surface area contributed by atoms with Crippen LogP contribution in [0.1, 0.15) is 48.9 Å². The van der Waals surface area contributed by atoms with Crippen LogP contribution in [0, 0.1) is 0 Å². The molecular formula is C34H36F3N3O7. The molecule has 0 saturated heterocycles. The number of benzene rings is 2. The van der Waals surface area contributed by atoms with Crippen LogP contribution in [0.2, 0.25) is 0 Å². The third kappa shape index (κ3) is 10.4. The number of aliphatic carboxylic acids is 2. The number of allylic oxidation sites excluding steroid dienone is 1. The molecular weight excluding hydrogens is 619 g/mol. The SMILES string of the molecule is CC1=C(C(=O)OCCN(C)Cc2ccccc2)C(c2ccccc2C(F)(F)F)c2c(ccnc2OC(C)C)N1.O=C(O)/C=C/C(=O)O. The molecule has 1 aliphatic rings. The standard InChI is InChI=1S/C30H32F3N3O3.C4H4O4/c1-19(2)39-28-27-24(14-15-34-28)35-20(3)25(26(27)22-12-8-9-13-23(22)30(31,32)33)29(37)38-17-16-36(4)18-21-10-6-5-7-11-21;5-3(6)1-2-4(7)8/h5-15,19,26,35H,16-18H2,1-4H3;1-2H,(H,5,6)(H,7,8)/b;2-1+. The molecule has 0 saturated carbocycles. The van der Waals surface area contributed by atoms with E-state index < -0.39 is 35.6 Å². The second-order valence-electron chi connectivity index (χ2n) is 10.8. The van der Waals surface area contributed by atoms with Crippen molar-refractivity contribution in [3.8, 4) is 5.88 Å². The number of fused-ring (bicyclic) bond motifs is 1. The van der Waals surface area contributed by atoms with Gasteiger partial charge in [0.15, 0.2) is 0 Å². The zero-order valence-corrected chi connectivity index (χ0v) is 26.2. The molecule has 0 fully saturated rings. The van der Waals surface area contributed by atoms with Crippen molar-refractivity contribution in [1.82, 2.24) is 9.88 Å². The molecule has 2 heterocycles. The number of aromatic nitrogens is 1. The minimum atomic E-state index is -4.63. The normalized spacial score (nSPS) is 14.3. The van der Waals surface area contributed by atoms with Gasteiger partial charge in [0.2, 0.25) is 5.88 Å². The molecule has 0 bridgehead atoms. The fraction of sp³-hybridized carbons (Fsp3) is 0.294. The Morgan fingerprint density at radius 1 is 1.00 bits per heavy atom. The number of nitrogens with one attached hydrogen (secondary N) is 1. The van der Waals surface area contributed by atoms with Crippen LogP contribution >= 0.6 is 0 Å². The van der Waals surface area contributed by atoms with Gasteiger partial charge in [0.05, 0.1) is 23.2 Å². The summed E-state index contributed by atoms with van der Waals surface area (Å²) >= 11 is 0. The molecule has 1 atom stereocenters. The van der Waals surface area contributed by atoms with E-state index in [1.165, 1.54) is 24.4 Å². The summed E-state index contributed by atoms with van der Waals surface area (Å²) in [6.45, 7) is 6.45. The quantitative estimate of drug-likeness (QED) is 0.164. The van der Waals surface area contributed by atoms with Gasteiger partial charge in [-0.25, -0.2) is 19.4 Å². The monoisotopic (exact) mass is 655 g/mol. The number of halogens is 3. The maximum Gasteiger partial charge on any atom is 0.416 e. The Kier molecular flexibility index (Phi) is 12.7. The first kappa shape index (κ1) is 36.3. The summed E-state index contributed by atoms with van der Waals surface area (Å²) in [5.41, 5.74) is 1.61. The van der Waals surface area contributed by atoms with Crippen LogP contribution < -0.4 is 10.1 Å². The lowest BCUT2D eigenvalue weighted by molar-refractivity contribution is -0.141. The molecule has 250 valence electrons. The molecule has 1 unspecified atom stereocenters. The second-order valence-corrected chi connectivity index (χ2v) is 10.8. The minimum absolute atomic E-state index is 0.0677. The molecule has 2 aromatic carbocycles. The van der Waals surface area contributed by atoms with Crippen LogP contribution in [-0.4, -0.2) is 64.3 Å². The van der Waals surface area contributed by atoms with Gasteiger partial charge in [0, 0.05) is 48.4 Å². The molecule has 0 spiro atoms. The second kappa shape index (κ2) is 16.4. The molecule has 47 heavy (non-hydrogen) atoms. The van der Waals surface area contributed by atoms with Gasteiger partial charge < -0.3 is 25.0 Å². The van der Waals surface area contributed by atoms with Gasteiger partial charge in [0.25, 0.3) is 0 Å². The lowest BCUT2D eigenvalue weighted by Crippen LogP contribution is -2.29. The largest absolute Gasteiger partial charge is 0.478 e. The molecule has 1 aliphatic heterocycles. The molecule has 13 heteroatoms. The van der Waals surface area contributed by atoms with Crippen molar-refractivity contribution in [2.45, 2.75) is 45.5 Å². The Hall–Kier alpha value is -5.17. The number of likely N-dealkylation sites (N-methyl/N-ethyl adjacent to an activating group) is 1. The van der Waals surface area contributed by atoms with E-state index in [0.29, 0.717) is 42.2 Å². The van der Waals surface area contributed by atoms with Crippen molar-refractivity contribution in [2.75, 3.05) is 25.5 Å². The summed E-state index contributed by atoms with van der Waals surface area (Å²) in [5.74, 6) is -4.15. The Bertz CT molecular complexity index is 1610. The number of hydrogen-bond acceptors (Lipinski definition) is 8. The molecule has 0 radical (unpaired) electrons. The number of alkyl halides is 3. The fourth-order valence-corrected chi connectivity index (χ4v) is 4.87. The average Bonchev–Trinajstić information content (AvgIpc) is 2.99. The van der Waals surface area contributed by atoms with E-state index in [1.54, 1.807) is 26.8 Å². The first-order chi connectivity index (χ1) is 22.2. The third-order valence-electron chi connectivity index (χ3n) is 6.77. The lowest BCUT2D eigenvalue weighted by atomic mass is 9.79. The summed E-state index contributed by atoms with van der Waals surface area (Å²) in [7, 11) is 1.91. The van der Waals surface area contributed by atoms with Crippen molar-refractivity contribution < 1.29 is 47.2 Å². The average molecular weight is 656 g/mol. The predicted molar refractivity (Wildman–Crippen MR) is 168 cm³/mol.